The molecule has 1 amide bonds. The predicted molar refractivity (Wildman–Crippen MR) is 90.3 cm³/mol. The highest BCUT2D eigenvalue weighted by molar-refractivity contribution is 7.12. The molecule has 0 radical (unpaired) electrons. The third-order valence-corrected chi connectivity index (χ3v) is 5.36. The third kappa shape index (κ3) is 4.97. The summed E-state index contributed by atoms with van der Waals surface area (Å²) in [5.41, 5.74) is 0. The number of nitrogens with one attached hydrogen (secondary N) is 1. The number of likely N-dealkylation sites (tertiary alicyclic amines) is 1. The first-order valence-electron chi connectivity index (χ1n) is 7.77. The lowest BCUT2D eigenvalue weighted by molar-refractivity contribution is -0.131. The molecular formula is C16H25ClN2OS. The van der Waals surface area contributed by atoms with Gasteiger partial charge in [-0.25, -0.2) is 0 Å². The fraction of sp³-hybridized carbons (Fsp3) is 0.688. The average molecular weight is 329 g/mol. The number of hydrogen-bond acceptors (Lipinski definition) is 3. The first-order chi connectivity index (χ1) is 9.70. The van der Waals surface area contributed by atoms with Gasteiger partial charge in [-0.2, -0.15) is 0 Å². The minimum Gasteiger partial charge on any atom is -0.342 e. The zero-order valence-electron chi connectivity index (χ0n) is 12.6. The van der Waals surface area contributed by atoms with Gasteiger partial charge in [0.1, 0.15) is 0 Å². The predicted octanol–water partition coefficient (Wildman–Crippen LogP) is 3.01. The monoisotopic (exact) mass is 328 g/mol. The third-order valence-electron chi connectivity index (χ3n) is 4.36. The quantitative estimate of drug-likeness (QED) is 0.901. The Morgan fingerprint density at radius 2 is 2.00 bits per heavy atom. The van der Waals surface area contributed by atoms with Gasteiger partial charge in [-0.3, -0.25) is 4.79 Å². The average Bonchev–Trinajstić information content (AvgIpc) is 3.20. The molecule has 2 fully saturated rings. The Hall–Kier alpha value is -0.580. The number of rotatable bonds is 5. The van der Waals surface area contributed by atoms with E-state index in [2.05, 4.69) is 24.4 Å². The molecule has 1 N–H and O–H groups in total. The summed E-state index contributed by atoms with van der Waals surface area (Å²) in [7, 11) is 0. The van der Waals surface area contributed by atoms with Gasteiger partial charge in [0.25, 0.3) is 0 Å². The molecule has 3 rings (SSSR count). The molecule has 1 aromatic heterocycles. The van der Waals surface area contributed by atoms with Crippen LogP contribution >= 0.6 is 23.7 Å². The SMILES string of the molecule is Cc1ccc(CC(=O)N2CCC(NCC3CC3)CC2)s1.Cl. The van der Waals surface area contributed by atoms with E-state index in [9.17, 15) is 4.79 Å². The Morgan fingerprint density at radius 3 is 2.57 bits per heavy atom. The summed E-state index contributed by atoms with van der Waals surface area (Å²) in [6.45, 7) is 5.12. The Kier molecular flexibility index (Phi) is 6.08. The summed E-state index contributed by atoms with van der Waals surface area (Å²) >= 11 is 1.74. The Bertz CT molecular complexity index is 465. The molecule has 118 valence electrons. The second kappa shape index (κ2) is 7.61. The van der Waals surface area contributed by atoms with E-state index in [1.54, 1.807) is 11.3 Å². The van der Waals surface area contributed by atoms with Crippen LogP contribution in [0.3, 0.4) is 0 Å². The van der Waals surface area contributed by atoms with Crippen molar-refractivity contribution in [3.8, 4) is 0 Å². The van der Waals surface area contributed by atoms with Crippen LogP contribution in [0.25, 0.3) is 0 Å². The number of hydrogen-bond donors (Lipinski definition) is 1. The first-order valence-corrected chi connectivity index (χ1v) is 8.59. The van der Waals surface area contributed by atoms with Crippen LogP contribution in [0.5, 0.6) is 0 Å². The van der Waals surface area contributed by atoms with Gasteiger partial charge >= 0.3 is 0 Å². The van der Waals surface area contributed by atoms with E-state index in [1.165, 1.54) is 29.1 Å². The molecule has 0 unspecified atom stereocenters. The van der Waals surface area contributed by atoms with Gasteiger partial charge in [-0.05, 0) is 57.2 Å². The lowest BCUT2D eigenvalue weighted by Gasteiger charge is -2.32. The van der Waals surface area contributed by atoms with Gasteiger partial charge in [-0.1, -0.05) is 0 Å². The van der Waals surface area contributed by atoms with Crippen molar-refractivity contribution in [2.45, 2.75) is 45.1 Å². The van der Waals surface area contributed by atoms with Gasteiger partial charge in [0.05, 0.1) is 6.42 Å². The van der Waals surface area contributed by atoms with Crippen LogP contribution in [0.15, 0.2) is 12.1 Å². The number of aryl methyl sites for hydroxylation is 1. The molecular weight excluding hydrogens is 304 g/mol. The molecule has 0 aromatic carbocycles. The van der Waals surface area contributed by atoms with E-state index in [-0.39, 0.29) is 12.4 Å². The maximum Gasteiger partial charge on any atom is 0.227 e. The maximum absolute atomic E-state index is 12.3. The van der Waals surface area contributed by atoms with Crippen molar-refractivity contribution < 1.29 is 4.79 Å². The molecule has 0 atom stereocenters. The molecule has 1 aliphatic carbocycles. The number of nitrogens with zero attached hydrogens (tertiary/aromatic N) is 1. The molecule has 1 aliphatic heterocycles. The molecule has 1 saturated carbocycles. The lowest BCUT2D eigenvalue weighted by Crippen LogP contribution is -2.45. The van der Waals surface area contributed by atoms with Gasteiger partial charge < -0.3 is 10.2 Å². The molecule has 21 heavy (non-hydrogen) atoms. The molecule has 0 spiro atoms. The smallest absolute Gasteiger partial charge is 0.227 e. The van der Waals surface area contributed by atoms with Crippen LogP contribution in [0.2, 0.25) is 0 Å². The highest BCUT2D eigenvalue weighted by Gasteiger charge is 2.25. The zero-order chi connectivity index (χ0) is 13.9. The van der Waals surface area contributed by atoms with E-state index in [0.29, 0.717) is 18.4 Å². The van der Waals surface area contributed by atoms with Crippen LogP contribution in [0.1, 0.15) is 35.4 Å². The lowest BCUT2D eigenvalue weighted by atomic mass is 10.0. The van der Waals surface area contributed by atoms with E-state index >= 15 is 0 Å². The fourth-order valence-electron chi connectivity index (χ4n) is 2.83. The zero-order valence-corrected chi connectivity index (χ0v) is 14.3. The molecule has 2 heterocycles. The largest absolute Gasteiger partial charge is 0.342 e. The summed E-state index contributed by atoms with van der Waals surface area (Å²) in [6.07, 6.45) is 5.62. The first kappa shape index (κ1) is 16.8. The van der Waals surface area contributed by atoms with Gasteiger partial charge in [-0.15, -0.1) is 23.7 Å². The summed E-state index contributed by atoms with van der Waals surface area (Å²) in [5.74, 6) is 1.24. The van der Waals surface area contributed by atoms with Gasteiger partial charge in [0, 0.05) is 28.9 Å². The number of carbonyl (C=O) groups excluding carboxylic acids is 1. The van der Waals surface area contributed by atoms with Crippen molar-refractivity contribution in [1.82, 2.24) is 10.2 Å². The summed E-state index contributed by atoms with van der Waals surface area (Å²) in [6, 6.07) is 4.81. The molecule has 2 aliphatic rings. The van der Waals surface area contributed by atoms with Gasteiger partial charge in [0.2, 0.25) is 5.91 Å². The highest BCUT2D eigenvalue weighted by atomic mass is 35.5. The Morgan fingerprint density at radius 1 is 1.29 bits per heavy atom. The summed E-state index contributed by atoms with van der Waals surface area (Å²) in [4.78, 5) is 16.8. The van der Waals surface area contributed by atoms with Crippen molar-refractivity contribution in [2.24, 2.45) is 5.92 Å². The highest BCUT2D eigenvalue weighted by Crippen LogP contribution is 2.28. The standard InChI is InChI=1S/C16H24N2OS.ClH/c1-12-2-5-15(20-12)10-16(19)18-8-6-14(7-9-18)17-11-13-3-4-13;/h2,5,13-14,17H,3-4,6-11H2,1H3;1H. The molecule has 0 bridgehead atoms. The second-order valence-corrected chi connectivity index (χ2v) is 7.57. The van der Waals surface area contributed by atoms with Crippen molar-refractivity contribution in [2.75, 3.05) is 19.6 Å². The Balaban J connectivity index is 0.00000161. The maximum atomic E-state index is 12.3. The van der Waals surface area contributed by atoms with Crippen molar-refractivity contribution in [1.29, 1.82) is 0 Å². The topological polar surface area (TPSA) is 32.3 Å². The summed E-state index contributed by atoms with van der Waals surface area (Å²) in [5, 5.41) is 3.66. The van der Waals surface area contributed by atoms with Crippen LogP contribution in [0.4, 0.5) is 0 Å². The normalized spacial score (nSPS) is 19.4. The van der Waals surface area contributed by atoms with Crippen molar-refractivity contribution >= 4 is 29.7 Å². The minimum atomic E-state index is 0. The van der Waals surface area contributed by atoms with Crippen LogP contribution in [-0.4, -0.2) is 36.5 Å². The van der Waals surface area contributed by atoms with Crippen LogP contribution in [0, 0.1) is 12.8 Å². The number of carbonyl (C=O) groups is 1. The second-order valence-electron chi connectivity index (χ2n) is 6.20. The molecule has 5 heteroatoms. The molecule has 1 aromatic rings. The number of halogens is 1. The van der Waals surface area contributed by atoms with E-state index in [1.807, 2.05) is 4.90 Å². The molecule has 1 saturated heterocycles. The van der Waals surface area contributed by atoms with Crippen LogP contribution < -0.4 is 5.32 Å². The van der Waals surface area contributed by atoms with E-state index in [0.717, 1.165) is 31.8 Å². The van der Waals surface area contributed by atoms with Crippen molar-refractivity contribution in [3.05, 3.63) is 21.9 Å². The fourth-order valence-corrected chi connectivity index (χ4v) is 3.71. The number of amides is 1. The Labute approximate surface area is 137 Å². The van der Waals surface area contributed by atoms with Crippen molar-refractivity contribution in [3.63, 3.8) is 0 Å². The molecule has 3 nitrogen and oxygen atoms in total. The summed E-state index contributed by atoms with van der Waals surface area (Å²) < 4.78 is 0. The van der Waals surface area contributed by atoms with E-state index in [4.69, 9.17) is 0 Å². The van der Waals surface area contributed by atoms with Crippen LogP contribution in [-0.2, 0) is 11.2 Å². The number of piperidine rings is 1. The number of thiophene rings is 1. The minimum absolute atomic E-state index is 0. The van der Waals surface area contributed by atoms with E-state index < -0.39 is 0 Å². The van der Waals surface area contributed by atoms with Gasteiger partial charge in [0.15, 0.2) is 0 Å².